The van der Waals surface area contributed by atoms with Gasteiger partial charge in [-0.2, -0.15) is 12.6 Å². The van der Waals surface area contributed by atoms with Gasteiger partial charge in [-0.3, -0.25) is 4.79 Å². The maximum absolute atomic E-state index is 10.5. The molecular formula is C11H10O2S. The van der Waals surface area contributed by atoms with Crippen LogP contribution in [0.3, 0.4) is 0 Å². The van der Waals surface area contributed by atoms with Crippen molar-refractivity contribution in [3.05, 3.63) is 29.3 Å². The van der Waals surface area contributed by atoms with E-state index in [-0.39, 0.29) is 5.75 Å². The van der Waals surface area contributed by atoms with Gasteiger partial charge in [0.15, 0.2) is 0 Å². The van der Waals surface area contributed by atoms with Gasteiger partial charge in [-0.1, -0.05) is 11.8 Å². The molecule has 0 aliphatic heterocycles. The number of aldehydes is 1. The first-order chi connectivity index (χ1) is 6.77. The summed E-state index contributed by atoms with van der Waals surface area (Å²) in [7, 11) is 0. The zero-order chi connectivity index (χ0) is 10.4. The number of carbonyl (C=O) groups excluding carboxylic acids is 1. The van der Waals surface area contributed by atoms with Crippen molar-refractivity contribution in [2.45, 2.75) is 6.42 Å². The van der Waals surface area contributed by atoms with Crippen molar-refractivity contribution in [1.82, 2.24) is 0 Å². The zero-order valence-corrected chi connectivity index (χ0v) is 8.42. The molecule has 1 aromatic carbocycles. The lowest BCUT2D eigenvalue weighted by Crippen LogP contribution is -1.83. The van der Waals surface area contributed by atoms with E-state index in [1.54, 1.807) is 12.1 Å². The third-order valence-corrected chi connectivity index (χ3v) is 1.84. The summed E-state index contributed by atoms with van der Waals surface area (Å²) in [6, 6.07) is 4.58. The molecule has 0 aliphatic carbocycles. The van der Waals surface area contributed by atoms with Crippen molar-refractivity contribution in [2.75, 3.05) is 5.75 Å². The molecule has 0 atom stereocenters. The summed E-state index contributed by atoms with van der Waals surface area (Å²) in [6.45, 7) is 0. The van der Waals surface area contributed by atoms with Gasteiger partial charge >= 0.3 is 0 Å². The molecule has 1 rings (SSSR count). The highest BCUT2D eigenvalue weighted by atomic mass is 32.1. The number of phenolic OH excluding ortho intramolecular Hbond substituents is 1. The van der Waals surface area contributed by atoms with Crippen LogP contribution in [0.4, 0.5) is 0 Å². The fourth-order valence-electron chi connectivity index (χ4n) is 0.941. The molecule has 0 bridgehead atoms. The van der Waals surface area contributed by atoms with E-state index in [2.05, 4.69) is 24.5 Å². The summed E-state index contributed by atoms with van der Waals surface area (Å²) in [4.78, 5) is 10.5. The third-order valence-electron chi connectivity index (χ3n) is 1.62. The Balaban J connectivity index is 2.96. The highest BCUT2D eigenvalue weighted by Crippen LogP contribution is 2.16. The molecule has 0 saturated carbocycles. The molecule has 0 aromatic heterocycles. The highest BCUT2D eigenvalue weighted by molar-refractivity contribution is 7.80. The minimum absolute atomic E-state index is 0.0993. The van der Waals surface area contributed by atoms with E-state index in [0.29, 0.717) is 23.3 Å². The number of benzene rings is 1. The summed E-state index contributed by atoms with van der Waals surface area (Å²) < 4.78 is 0. The van der Waals surface area contributed by atoms with Gasteiger partial charge in [0.1, 0.15) is 12.0 Å². The first-order valence-corrected chi connectivity index (χ1v) is 4.79. The van der Waals surface area contributed by atoms with Gasteiger partial charge in [0.25, 0.3) is 0 Å². The lowest BCUT2D eigenvalue weighted by atomic mass is 10.1. The lowest BCUT2D eigenvalue weighted by molar-refractivity contribution is 0.112. The number of aromatic hydroxyl groups is 1. The van der Waals surface area contributed by atoms with Gasteiger partial charge < -0.3 is 5.11 Å². The average Bonchev–Trinajstić information content (AvgIpc) is 2.21. The Labute approximate surface area is 88.4 Å². The molecule has 0 heterocycles. The number of thiol groups is 1. The van der Waals surface area contributed by atoms with E-state index in [1.807, 2.05) is 0 Å². The Morgan fingerprint density at radius 2 is 2.29 bits per heavy atom. The molecule has 1 aromatic rings. The number of rotatable bonds is 2. The molecule has 2 nitrogen and oxygen atoms in total. The quantitative estimate of drug-likeness (QED) is 0.440. The standard InChI is InChI=1S/C11H10O2S/c12-8-9-4-5-11(13)10(7-9)3-1-2-6-14/h4-5,7-8,13-14H,2,6H2. The molecule has 14 heavy (non-hydrogen) atoms. The summed E-state index contributed by atoms with van der Waals surface area (Å²) in [5.74, 6) is 6.40. The van der Waals surface area contributed by atoms with E-state index < -0.39 is 0 Å². The van der Waals surface area contributed by atoms with Gasteiger partial charge in [-0.15, -0.1) is 0 Å². The average molecular weight is 206 g/mol. The Hall–Kier alpha value is -1.40. The van der Waals surface area contributed by atoms with E-state index in [1.165, 1.54) is 6.07 Å². The smallest absolute Gasteiger partial charge is 0.150 e. The van der Waals surface area contributed by atoms with E-state index >= 15 is 0 Å². The van der Waals surface area contributed by atoms with Crippen LogP contribution in [0.2, 0.25) is 0 Å². The molecule has 0 amide bonds. The van der Waals surface area contributed by atoms with Crippen LogP contribution in [-0.4, -0.2) is 17.1 Å². The molecule has 0 aliphatic rings. The molecule has 72 valence electrons. The van der Waals surface area contributed by atoms with Crippen LogP contribution in [0.25, 0.3) is 0 Å². The van der Waals surface area contributed by atoms with Crippen LogP contribution in [0.15, 0.2) is 18.2 Å². The molecule has 0 spiro atoms. The van der Waals surface area contributed by atoms with Crippen molar-refractivity contribution >= 4 is 18.9 Å². The Morgan fingerprint density at radius 1 is 1.50 bits per heavy atom. The second kappa shape index (κ2) is 5.36. The van der Waals surface area contributed by atoms with Crippen molar-refractivity contribution < 1.29 is 9.90 Å². The molecule has 3 heteroatoms. The van der Waals surface area contributed by atoms with Gasteiger partial charge in [0, 0.05) is 17.7 Å². The predicted octanol–water partition coefficient (Wildman–Crippen LogP) is 1.88. The van der Waals surface area contributed by atoms with E-state index in [0.717, 1.165) is 6.29 Å². The highest BCUT2D eigenvalue weighted by Gasteiger charge is 1.98. The normalized spacial score (nSPS) is 8.93. The van der Waals surface area contributed by atoms with Crippen molar-refractivity contribution in [3.8, 4) is 17.6 Å². The monoisotopic (exact) mass is 206 g/mol. The number of hydrogen-bond acceptors (Lipinski definition) is 3. The molecule has 0 radical (unpaired) electrons. The predicted molar refractivity (Wildman–Crippen MR) is 58.8 cm³/mol. The zero-order valence-electron chi connectivity index (χ0n) is 7.53. The lowest BCUT2D eigenvalue weighted by Gasteiger charge is -1.96. The largest absolute Gasteiger partial charge is 0.507 e. The van der Waals surface area contributed by atoms with Crippen molar-refractivity contribution in [1.29, 1.82) is 0 Å². The maximum atomic E-state index is 10.5. The molecular weight excluding hydrogens is 196 g/mol. The van der Waals surface area contributed by atoms with Gasteiger partial charge in [-0.05, 0) is 18.2 Å². The van der Waals surface area contributed by atoms with Gasteiger partial charge in [0.2, 0.25) is 0 Å². The first kappa shape index (κ1) is 10.7. The first-order valence-electron chi connectivity index (χ1n) is 4.16. The summed E-state index contributed by atoms with van der Waals surface area (Å²) in [6.07, 6.45) is 1.39. The van der Waals surface area contributed by atoms with Crippen LogP contribution in [0.5, 0.6) is 5.75 Å². The fraction of sp³-hybridized carbons (Fsp3) is 0.182. The van der Waals surface area contributed by atoms with E-state index in [4.69, 9.17) is 0 Å². The summed E-state index contributed by atoms with van der Waals surface area (Å²) in [5, 5.41) is 9.39. The van der Waals surface area contributed by atoms with Crippen LogP contribution in [0.1, 0.15) is 22.3 Å². The summed E-state index contributed by atoms with van der Waals surface area (Å²) >= 11 is 4.01. The second-order valence-electron chi connectivity index (χ2n) is 2.67. The van der Waals surface area contributed by atoms with Crippen LogP contribution in [0, 0.1) is 11.8 Å². The molecule has 0 fully saturated rings. The molecule has 0 saturated heterocycles. The van der Waals surface area contributed by atoms with Crippen molar-refractivity contribution in [3.63, 3.8) is 0 Å². The van der Waals surface area contributed by atoms with Crippen LogP contribution >= 0.6 is 12.6 Å². The SMILES string of the molecule is O=Cc1ccc(O)c(C#CCCS)c1. The number of hydrogen-bond donors (Lipinski definition) is 2. The van der Waals surface area contributed by atoms with Crippen LogP contribution in [-0.2, 0) is 0 Å². The minimum atomic E-state index is 0.0993. The fourth-order valence-corrected chi connectivity index (χ4v) is 1.05. The maximum Gasteiger partial charge on any atom is 0.150 e. The molecule has 0 unspecified atom stereocenters. The van der Waals surface area contributed by atoms with Crippen molar-refractivity contribution in [2.24, 2.45) is 0 Å². The Kier molecular flexibility index (Phi) is 4.09. The Bertz CT molecular complexity index is 388. The van der Waals surface area contributed by atoms with E-state index in [9.17, 15) is 9.90 Å². The summed E-state index contributed by atoms with van der Waals surface area (Å²) in [5.41, 5.74) is 0.995. The van der Waals surface area contributed by atoms with Crippen LogP contribution < -0.4 is 0 Å². The molecule has 1 N–H and O–H groups in total. The third kappa shape index (κ3) is 2.82. The Morgan fingerprint density at radius 3 is 2.93 bits per heavy atom. The number of phenols is 1. The topological polar surface area (TPSA) is 37.3 Å². The van der Waals surface area contributed by atoms with Gasteiger partial charge in [0.05, 0.1) is 5.56 Å². The minimum Gasteiger partial charge on any atom is -0.507 e. The number of carbonyl (C=O) groups is 1. The second-order valence-corrected chi connectivity index (χ2v) is 3.12. The van der Waals surface area contributed by atoms with Gasteiger partial charge in [-0.25, -0.2) is 0 Å².